The molecule has 0 aliphatic rings. The maximum atomic E-state index is 12.4. The van der Waals surface area contributed by atoms with Gasteiger partial charge in [-0.1, -0.05) is 0 Å². The Labute approximate surface area is 82.8 Å². The van der Waals surface area contributed by atoms with Crippen LogP contribution in [0.25, 0.3) is 0 Å². The molecule has 70 valence electrons. The molecule has 1 aromatic rings. The number of benzene rings is 1. The summed E-state index contributed by atoms with van der Waals surface area (Å²) < 4.78 is 12.4. The Balaban J connectivity index is 0.00000144. The van der Waals surface area contributed by atoms with Gasteiger partial charge in [0.05, 0.1) is 12.5 Å². The van der Waals surface area contributed by atoms with Crippen molar-refractivity contribution in [2.75, 3.05) is 11.9 Å². The zero-order valence-electron chi connectivity index (χ0n) is 6.96. The van der Waals surface area contributed by atoms with Crippen molar-refractivity contribution in [1.29, 1.82) is 5.26 Å². The van der Waals surface area contributed by atoms with Crippen molar-refractivity contribution in [3.05, 3.63) is 30.1 Å². The van der Waals surface area contributed by atoms with Crippen LogP contribution in [-0.2, 0) is 0 Å². The van der Waals surface area contributed by atoms with Crippen LogP contribution < -0.4 is 5.32 Å². The monoisotopic (exact) mass is 200 g/mol. The number of rotatable bonds is 3. The van der Waals surface area contributed by atoms with Gasteiger partial charge in [0, 0.05) is 12.2 Å². The molecule has 0 heterocycles. The van der Waals surface area contributed by atoms with E-state index in [2.05, 4.69) is 5.32 Å². The summed E-state index contributed by atoms with van der Waals surface area (Å²) in [6.07, 6.45) is 0.456. The van der Waals surface area contributed by atoms with Crippen molar-refractivity contribution in [1.82, 2.24) is 0 Å². The molecule has 4 heteroatoms. The van der Waals surface area contributed by atoms with Gasteiger partial charge < -0.3 is 5.32 Å². The Morgan fingerprint density at radius 3 is 2.46 bits per heavy atom. The van der Waals surface area contributed by atoms with Crippen LogP contribution in [0.2, 0.25) is 0 Å². The van der Waals surface area contributed by atoms with Crippen LogP contribution in [0.5, 0.6) is 0 Å². The highest BCUT2D eigenvalue weighted by Crippen LogP contribution is 2.07. The topological polar surface area (TPSA) is 35.8 Å². The molecule has 0 saturated heterocycles. The van der Waals surface area contributed by atoms with Gasteiger partial charge in [0.15, 0.2) is 0 Å². The lowest BCUT2D eigenvalue weighted by atomic mass is 10.3. The Bertz CT molecular complexity index is 279. The molecule has 0 unspecified atom stereocenters. The highest BCUT2D eigenvalue weighted by molar-refractivity contribution is 5.85. The molecule has 0 spiro atoms. The van der Waals surface area contributed by atoms with Crippen LogP contribution >= 0.6 is 12.4 Å². The van der Waals surface area contributed by atoms with Gasteiger partial charge in [-0.05, 0) is 24.3 Å². The van der Waals surface area contributed by atoms with Crippen LogP contribution in [0.3, 0.4) is 0 Å². The summed E-state index contributed by atoms with van der Waals surface area (Å²) in [6, 6.07) is 8.07. The van der Waals surface area contributed by atoms with E-state index in [9.17, 15) is 4.39 Å². The normalized spacial score (nSPS) is 8.31. The van der Waals surface area contributed by atoms with E-state index in [0.717, 1.165) is 5.69 Å². The Kier molecular flexibility index (Phi) is 5.66. The van der Waals surface area contributed by atoms with Crippen LogP contribution in [0.15, 0.2) is 24.3 Å². The number of anilines is 1. The lowest BCUT2D eigenvalue weighted by Crippen LogP contribution is -1.99. The predicted molar refractivity (Wildman–Crippen MR) is 52.4 cm³/mol. The molecule has 1 rings (SSSR count). The predicted octanol–water partition coefficient (Wildman–Crippen LogP) is 2.57. The first kappa shape index (κ1) is 11.7. The Morgan fingerprint density at radius 2 is 1.92 bits per heavy atom. The van der Waals surface area contributed by atoms with Crippen LogP contribution in [-0.4, -0.2) is 6.54 Å². The van der Waals surface area contributed by atoms with Gasteiger partial charge in [0.1, 0.15) is 5.82 Å². The molecule has 0 atom stereocenters. The number of nitriles is 1. The minimum atomic E-state index is -0.249. The van der Waals surface area contributed by atoms with Crippen molar-refractivity contribution in [2.24, 2.45) is 0 Å². The summed E-state index contributed by atoms with van der Waals surface area (Å²) >= 11 is 0. The summed E-state index contributed by atoms with van der Waals surface area (Å²) in [4.78, 5) is 0. The molecule has 0 amide bonds. The molecular weight excluding hydrogens is 191 g/mol. The number of halogens is 2. The quantitative estimate of drug-likeness (QED) is 0.762. The maximum Gasteiger partial charge on any atom is 0.123 e. The number of nitrogens with one attached hydrogen (secondary N) is 1. The van der Waals surface area contributed by atoms with E-state index in [0.29, 0.717) is 13.0 Å². The fourth-order valence-electron chi connectivity index (χ4n) is 0.830. The minimum absolute atomic E-state index is 0. The molecule has 1 aromatic carbocycles. The van der Waals surface area contributed by atoms with E-state index in [1.54, 1.807) is 12.1 Å². The molecule has 2 nitrogen and oxygen atoms in total. The molecule has 0 bridgehead atoms. The van der Waals surface area contributed by atoms with Gasteiger partial charge in [0.25, 0.3) is 0 Å². The lowest BCUT2D eigenvalue weighted by molar-refractivity contribution is 0.628. The highest BCUT2D eigenvalue weighted by atomic mass is 35.5. The van der Waals surface area contributed by atoms with Crippen molar-refractivity contribution >= 4 is 18.1 Å². The average molecular weight is 201 g/mol. The van der Waals surface area contributed by atoms with E-state index in [4.69, 9.17) is 5.26 Å². The minimum Gasteiger partial charge on any atom is -0.384 e. The first-order valence-electron chi connectivity index (χ1n) is 3.69. The van der Waals surface area contributed by atoms with Crippen molar-refractivity contribution in [2.45, 2.75) is 6.42 Å². The van der Waals surface area contributed by atoms with Crippen molar-refractivity contribution < 1.29 is 4.39 Å². The summed E-state index contributed by atoms with van der Waals surface area (Å²) in [5, 5.41) is 11.2. The first-order valence-corrected chi connectivity index (χ1v) is 3.69. The second kappa shape index (κ2) is 6.27. The molecular formula is C9H10ClFN2. The van der Waals surface area contributed by atoms with Gasteiger partial charge in [-0.15, -0.1) is 12.4 Å². The van der Waals surface area contributed by atoms with E-state index < -0.39 is 0 Å². The third-order valence-electron chi connectivity index (χ3n) is 1.41. The molecule has 1 N–H and O–H groups in total. The second-order valence-electron chi connectivity index (χ2n) is 2.34. The summed E-state index contributed by atoms with van der Waals surface area (Å²) in [7, 11) is 0. The van der Waals surface area contributed by atoms with Gasteiger partial charge in [-0.25, -0.2) is 4.39 Å². The summed E-state index contributed by atoms with van der Waals surface area (Å²) in [6.45, 7) is 0.599. The van der Waals surface area contributed by atoms with Gasteiger partial charge in [-0.2, -0.15) is 5.26 Å². The van der Waals surface area contributed by atoms with Crippen molar-refractivity contribution in [3.63, 3.8) is 0 Å². The average Bonchev–Trinajstić information content (AvgIpc) is 2.09. The van der Waals surface area contributed by atoms with E-state index in [-0.39, 0.29) is 18.2 Å². The van der Waals surface area contributed by atoms with E-state index in [1.165, 1.54) is 12.1 Å². The highest BCUT2D eigenvalue weighted by Gasteiger charge is 1.91. The Morgan fingerprint density at radius 1 is 1.31 bits per heavy atom. The third kappa shape index (κ3) is 4.34. The van der Waals surface area contributed by atoms with Gasteiger partial charge >= 0.3 is 0 Å². The second-order valence-corrected chi connectivity index (χ2v) is 2.34. The number of nitrogens with zero attached hydrogens (tertiary/aromatic N) is 1. The molecule has 0 saturated carbocycles. The van der Waals surface area contributed by atoms with Crippen LogP contribution in [0.1, 0.15) is 6.42 Å². The fraction of sp³-hybridized carbons (Fsp3) is 0.222. The van der Waals surface area contributed by atoms with E-state index >= 15 is 0 Å². The molecule has 0 fully saturated rings. The SMILES string of the molecule is Cl.N#CCCNc1ccc(F)cc1. The van der Waals surface area contributed by atoms with Gasteiger partial charge in [0.2, 0.25) is 0 Å². The first-order chi connectivity index (χ1) is 5.83. The molecule has 0 aliphatic heterocycles. The summed E-state index contributed by atoms with van der Waals surface area (Å²) in [5.41, 5.74) is 0.839. The Hall–Kier alpha value is -1.27. The maximum absolute atomic E-state index is 12.4. The molecule has 0 radical (unpaired) electrons. The number of hydrogen-bond acceptors (Lipinski definition) is 2. The van der Waals surface area contributed by atoms with Crippen LogP contribution in [0, 0.1) is 17.1 Å². The van der Waals surface area contributed by atoms with Crippen molar-refractivity contribution in [3.8, 4) is 6.07 Å². The third-order valence-corrected chi connectivity index (χ3v) is 1.41. The van der Waals surface area contributed by atoms with E-state index in [1.807, 2.05) is 6.07 Å². The largest absolute Gasteiger partial charge is 0.384 e. The molecule has 0 aliphatic carbocycles. The zero-order valence-corrected chi connectivity index (χ0v) is 7.77. The zero-order chi connectivity index (χ0) is 8.81. The fourth-order valence-corrected chi connectivity index (χ4v) is 0.830. The van der Waals surface area contributed by atoms with Crippen LogP contribution in [0.4, 0.5) is 10.1 Å². The molecule has 0 aromatic heterocycles. The number of hydrogen-bond donors (Lipinski definition) is 1. The molecule has 13 heavy (non-hydrogen) atoms. The lowest BCUT2D eigenvalue weighted by Gasteiger charge is -2.01. The standard InChI is InChI=1S/C9H9FN2.ClH/c10-8-2-4-9(5-3-8)12-7-1-6-11;/h2-5,12H,1,7H2;1H. The smallest absolute Gasteiger partial charge is 0.123 e. The summed E-state index contributed by atoms with van der Waals surface area (Å²) in [5.74, 6) is -0.249. The van der Waals surface area contributed by atoms with Gasteiger partial charge in [-0.3, -0.25) is 0 Å².